The first-order chi connectivity index (χ1) is 6.13. The Balaban J connectivity index is 3.86. The van der Waals surface area contributed by atoms with Gasteiger partial charge in [0.25, 0.3) is 0 Å². The molecule has 0 amide bonds. The molecule has 3 heteroatoms. The average Bonchev–Trinajstić information content (AvgIpc) is 2.05. The molecule has 78 valence electrons. The zero-order valence-corrected chi connectivity index (χ0v) is 9.67. The maximum absolute atomic E-state index is 4.23. The maximum atomic E-state index is 4.23. The van der Waals surface area contributed by atoms with Gasteiger partial charge in [-0.2, -0.15) is 0 Å². The highest BCUT2D eigenvalue weighted by molar-refractivity contribution is 5.79. The Morgan fingerprint density at radius 1 is 1.15 bits per heavy atom. The van der Waals surface area contributed by atoms with Crippen molar-refractivity contribution in [3.63, 3.8) is 0 Å². The van der Waals surface area contributed by atoms with E-state index in [1.54, 1.807) is 0 Å². The molecule has 0 aliphatic rings. The van der Waals surface area contributed by atoms with Gasteiger partial charge >= 0.3 is 0 Å². The average molecular weight is 185 g/mol. The molecular weight excluding hydrogens is 162 g/mol. The number of rotatable bonds is 4. The third-order valence-electron chi connectivity index (χ3n) is 2.04. The molecule has 0 unspecified atom stereocenters. The van der Waals surface area contributed by atoms with Crippen molar-refractivity contribution in [2.24, 2.45) is 4.99 Å². The van der Waals surface area contributed by atoms with Gasteiger partial charge in [0.2, 0.25) is 0 Å². The van der Waals surface area contributed by atoms with Crippen LogP contribution in [0, 0.1) is 0 Å². The second kappa shape index (κ2) is 6.75. The van der Waals surface area contributed by atoms with E-state index in [9.17, 15) is 0 Å². The van der Waals surface area contributed by atoms with Gasteiger partial charge in [-0.1, -0.05) is 19.8 Å². The molecule has 0 atom stereocenters. The summed E-state index contributed by atoms with van der Waals surface area (Å²) in [5.74, 6) is 1.05. The fourth-order valence-corrected chi connectivity index (χ4v) is 1.41. The summed E-state index contributed by atoms with van der Waals surface area (Å²) in [5, 5.41) is 0. The van der Waals surface area contributed by atoms with E-state index in [4.69, 9.17) is 0 Å². The van der Waals surface area contributed by atoms with Gasteiger partial charge in [0.15, 0.2) is 5.96 Å². The third-order valence-corrected chi connectivity index (χ3v) is 2.04. The monoisotopic (exact) mass is 185 g/mol. The summed E-state index contributed by atoms with van der Waals surface area (Å²) in [7, 11) is 7.99. The Morgan fingerprint density at radius 2 is 1.77 bits per heavy atom. The lowest BCUT2D eigenvalue weighted by Crippen LogP contribution is -2.38. The molecule has 0 fully saturated rings. The molecule has 0 spiro atoms. The fraction of sp³-hybridized carbons (Fsp3) is 0.900. The van der Waals surface area contributed by atoms with Crippen molar-refractivity contribution >= 4 is 5.96 Å². The first-order valence-corrected chi connectivity index (χ1v) is 4.98. The summed E-state index contributed by atoms with van der Waals surface area (Å²) in [6, 6.07) is 0. The van der Waals surface area contributed by atoms with E-state index in [0.717, 1.165) is 12.5 Å². The Labute approximate surface area is 82.4 Å². The second-order valence-corrected chi connectivity index (χ2v) is 3.55. The van der Waals surface area contributed by atoms with Crippen molar-refractivity contribution in [2.45, 2.75) is 26.2 Å². The van der Waals surface area contributed by atoms with Gasteiger partial charge in [-0.05, 0) is 6.42 Å². The van der Waals surface area contributed by atoms with Crippen molar-refractivity contribution in [1.29, 1.82) is 0 Å². The van der Waals surface area contributed by atoms with Gasteiger partial charge in [-0.15, -0.1) is 0 Å². The summed E-state index contributed by atoms with van der Waals surface area (Å²) in [6.45, 7) is 3.32. The molecule has 0 N–H and O–H groups in total. The topological polar surface area (TPSA) is 18.8 Å². The summed E-state index contributed by atoms with van der Waals surface area (Å²) >= 11 is 0. The van der Waals surface area contributed by atoms with Crippen LogP contribution in [0.3, 0.4) is 0 Å². The fourth-order valence-electron chi connectivity index (χ4n) is 1.41. The maximum Gasteiger partial charge on any atom is 0.195 e. The molecule has 13 heavy (non-hydrogen) atoms. The minimum absolute atomic E-state index is 1.05. The van der Waals surface area contributed by atoms with E-state index in [0.29, 0.717) is 0 Å². The van der Waals surface area contributed by atoms with Crippen molar-refractivity contribution < 1.29 is 0 Å². The van der Waals surface area contributed by atoms with Crippen LogP contribution in [0.4, 0.5) is 0 Å². The van der Waals surface area contributed by atoms with Crippen LogP contribution in [-0.4, -0.2) is 50.5 Å². The van der Waals surface area contributed by atoms with Crippen LogP contribution in [0.1, 0.15) is 26.2 Å². The summed E-state index contributed by atoms with van der Waals surface area (Å²) in [5.41, 5.74) is 0. The molecule has 0 bridgehead atoms. The zero-order chi connectivity index (χ0) is 10.3. The molecule has 0 heterocycles. The Morgan fingerprint density at radius 3 is 2.15 bits per heavy atom. The van der Waals surface area contributed by atoms with Gasteiger partial charge in [-0.3, -0.25) is 4.99 Å². The highest BCUT2D eigenvalue weighted by atomic mass is 15.3. The molecule has 0 aromatic heterocycles. The van der Waals surface area contributed by atoms with E-state index in [-0.39, 0.29) is 0 Å². The third kappa shape index (κ3) is 4.76. The number of hydrogen-bond acceptors (Lipinski definition) is 1. The van der Waals surface area contributed by atoms with E-state index < -0.39 is 0 Å². The zero-order valence-electron chi connectivity index (χ0n) is 9.67. The second-order valence-electron chi connectivity index (χ2n) is 3.55. The molecule has 0 aliphatic carbocycles. The van der Waals surface area contributed by atoms with Crippen LogP contribution < -0.4 is 0 Å². The molecular formula is C10H23N3. The predicted octanol–water partition coefficient (Wildman–Crippen LogP) is 1.66. The number of unbranched alkanes of at least 4 members (excludes halogenated alkanes) is 2. The lowest BCUT2D eigenvalue weighted by atomic mass is 10.2. The van der Waals surface area contributed by atoms with Crippen LogP contribution in [0.5, 0.6) is 0 Å². The Kier molecular flexibility index (Phi) is 6.37. The van der Waals surface area contributed by atoms with Gasteiger partial charge in [-0.25, -0.2) is 0 Å². The van der Waals surface area contributed by atoms with Crippen molar-refractivity contribution in [3.05, 3.63) is 0 Å². The van der Waals surface area contributed by atoms with Gasteiger partial charge in [0.05, 0.1) is 0 Å². The van der Waals surface area contributed by atoms with Crippen molar-refractivity contribution in [1.82, 2.24) is 9.80 Å². The van der Waals surface area contributed by atoms with Crippen LogP contribution >= 0.6 is 0 Å². The highest BCUT2D eigenvalue weighted by Crippen LogP contribution is 1.98. The molecule has 3 nitrogen and oxygen atoms in total. The first-order valence-electron chi connectivity index (χ1n) is 4.98. The van der Waals surface area contributed by atoms with Gasteiger partial charge in [0.1, 0.15) is 0 Å². The van der Waals surface area contributed by atoms with Crippen molar-refractivity contribution in [2.75, 3.05) is 34.7 Å². The first kappa shape index (κ1) is 12.3. The Hall–Kier alpha value is -0.730. The smallest absolute Gasteiger partial charge is 0.195 e. The largest absolute Gasteiger partial charge is 0.349 e. The van der Waals surface area contributed by atoms with E-state index in [2.05, 4.69) is 23.9 Å². The molecule has 0 saturated carbocycles. The molecule has 0 saturated heterocycles. The standard InChI is InChI=1S/C10H23N3/c1-6-7-8-9-13(5)10(11-2)12(3)4/h6-9H2,1-5H3. The summed E-state index contributed by atoms with van der Waals surface area (Å²) in [4.78, 5) is 8.49. The van der Waals surface area contributed by atoms with Crippen LogP contribution in [0.25, 0.3) is 0 Å². The number of aliphatic imine (C=N–C) groups is 1. The molecule has 0 aliphatic heterocycles. The van der Waals surface area contributed by atoms with E-state index in [1.807, 2.05) is 26.0 Å². The van der Waals surface area contributed by atoms with Gasteiger partial charge < -0.3 is 9.80 Å². The Bertz CT molecular complexity index is 152. The molecule has 0 aromatic carbocycles. The van der Waals surface area contributed by atoms with Crippen LogP contribution in [-0.2, 0) is 0 Å². The summed E-state index contributed by atoms with van der Waals surface area (Å²) in [6.07, 6.45) is 3.82. The number of hydrogen-bond donors (Lipinski definition) is 0. The van der Waals surface area contributed by atoms with E-state index >= 15 is 0 Å². The normalized spacial score (nSPS) is 11.6. The number of nitrogens with zero attached hydrogens (tertiary/aromatic N) is 3. The molecule has 0 aromatic rings. The predicted molar refractivity (Wildman–Crippen MR) is 59.2 cm³/mol. The highest BCUT2D eigenvalue weighted by Gasteiger charge is 2.06. The van der Waals surface area contributed by atoms with E-state index in [1.165, 1.54) is 19.3 Å². The minimum atomic E-state index is 1.05. The quantitative estimate of drug-likeness (QED) is 0.377. The van der Waals surface area contributed by atoms with Crippen LogP contribution in [0.15, 0.2) is 4.99 Å². The van der Waals surface area contributed by atoms with Crippen LogP contribution in [0.2, 0.25) is 0 Å². The summed E-state index contributed by atoms with van der Waals surface area (Å²) < 4.78 is 0. The van der Waals surface area contributed by atoms with Crippen molar-refractivity contribution in [3.8, 4) is 0 Å². The molecule has 0 radical (unpaired) electrons. The number of guanidine groups is 1. The lowest BCUT2D eigenvalue weighted by Gasteiger charge is -2.26. The SMILES string of the molecule is CCCCCN(C)C(=NC)N(C)C. The lowest BCUT2D eigenvalue weighted by molar-refractivity contribution is 0.410. The minimum Gasteiger partial charge on any atom is -0.349 e. The van der Waals surface area contributed by atoms with Gasteiger partial charge in [0, 0.05) is 34.7 Å². The molecule has 0 rings (SSSR count).